The summed E-state index contributed by atoms with van der Waals surface area (Å²) in [6.07, 6.45) is 0.659. The van der Waals surface area contributed by atoms with E-state index in [-0.39, 0.29) is 0 Å². The second kappa shape index (κ2) is 4.18. The highest BCUT2D eigenvalue weighted by Gasteiger charge is 2.02. The summed E-state index contributed by atoms with van der Waals surface area (Å²) >= 11 is 0. The second-order valence-corrected chi connectivity index (χ2v) is 3.37. The van der Waals surface area contributed by atoms with Gasteiger partial charge in [0, 0.05) is 6.42 Å². The fourth-order valence-corrected chi connectivity index (χ4v) is 1.26. The molecule has 0 bridgehead atoms. The summed E-state index contributed by atoms with van der Waals surface area (Å²) < 4.78 is 0. The third-order valence-corrected chi connectivity index (χ3v) is 2.09. The molecule has 0 spiro atoms. The molecule has 0 amide bonds. The molecule has 0 aliphatic rings. The van der Waals surface area contributed by atoms with E-state index in [9.17, 15) is 0 Å². The van der Waals surface area contributed by atoms with Gasteiger partial charge in [-0.05, 0) is 30.8 Å². The first-order valence-electron chi connectivity index (χ1n) is 4.85. The van der Waals surface area contributed by atoms with Gasteiger partial charge < -0.3 is 5.73 Å². The van der Waals surface area contributed by atoms with Crippen molar-refractivity contribution in [2.75, 3.05) is 6.54 Å². The highest BCUT2D eigenvalue weighted by atomic mass is 15.6. The molecule has 0 saturated heterocycles. The van der Waals surface area contributed by atoms with Crippen molar-refractivity contribution in [2.24, 2.45) is 5.73 Å². The first kappa shape index (κ1) is 9.79. The Balaban J connectivity index is 2.25. The maximum Gasteiger partial charge on any atom is 0.176 e. The molecule has 1 aromatic carbocycles. The molecule has 0 aliphatic heterocycles. The van der Waals surface area contributed by atoms with Crippen LogP contribution in [0, 0.1) is 6.92 Å². The van der Waals surface area contributed by atoms with E-state index in [0.717, 1.165) is 5.69 Å². The monoisotopic (exact) mass is 203 g/mol. The molecule has 5 nitrogen and oxygen atoms in total. The summed E-state index contributed by atoms with van der Waals surface area (Å²) in [5.41, 5.74) is 7.53. The van der Waals surface area contributed by atoms with Gasteiger partial charge >= 0.3 is 0 Å². The Bertz CT molecular complexity index is 431. The van der Waals surface area contributed by atoms with Crippen LogP contribution in [0.5, 0.6) is 0 Å². The van der Waals surface area contributed by atoms with Gasteiger partial charge in [-0.3, -0.25) is 0 Å². The zero-order chi connectivity index (χ0) is 10.7. The zero-order valence-electron chi connectivity index (χ0n) is 8.59. The van der Waals surface area contributed by atoms with Crippen LogP contribution in [0.2, 0.25) is 0 Å². The number of rotatable bonds is 3. The van der Waals surface area contributed by atoms with E-state index in [1.54, 1.807) is 0 Å². The summed E-state index contributed by atoms with van der Waals surface area (Å²) in [6.45, 7) is 2.58. The minimum absolute atomic E-state index is 0.541. The summed E-state index contributed by atoms with van der Waals surface area (Å²) in [7, 11) is 0. The summed E-state index contributed by atoms with van der Waals surface area (Å²) in [6, 6.07) is 7.95. The van der Waals surface area contributed by atoms with Crippen LogP contribution in [-0.2, 0) is 6.42 Å². The molecule has 0 fully saturated rings. The Labute approximate surface area is 87.9 Å². The van der Waals surface area contributed by atoms with Gasteiger partial charge in [0.2, 0.25) is 0 Å². The van der Waals surface area contributed by atoms with Crippen LogP contribution < -0.4 is 5.73 Å². The molecule has 0 saturated carbocycles. The molecule has 0 radical (unpaired) electrons. The van der Waals surface area contributed by atoms with E-state index < -0.39 is 0 Å². The van der Waals surface area contributed by atoms with E-state index in [1.807, 2.05) is 31.2 Å². The SMILES string of the molecule is Cc1ccc(-n2nnc(CCN)n2)cc1. The average molecular weight is 203 g/mol. The fourth-order valence-electron chi connectivity index (χ4n) is 1.26. The van der Waals surface area contributed by atoms with Gasteiger partial charge in [-0.25, -0.2) is 0 Å². The minimum Gasteiger partial charge on any atom is -0.330 e. The number of hydrogen-bond donors (Lipinski definition) is 1. The van der Waals surface area contributed by atoms with Gasteiger partial charge in [-0.2, -0.15) is 0 Å². The number of tetrazole rings is 1. The lowest BCUT2D eigenvalue weighted by Gasteiger charge is -1.97. The Morgan fingerprint density at radius 2 is 2.00 bits per heavy atom. The second-order valence-electron chi connectivity index (χ2n) is 3.37. The topological polar surface area (TPSA) is 69.6 Å². The molecule has 2 rings (SSSR count). The number of aromatic nitrogens is 4. The van der Waals surface area contributed by atoms with E-state index in [2.05, 4.69) is 15.4 Å². The van der Waals surface area contributed by atoms with Crippen LogP contribution in [0.15, 0.2) is 24.3 Å². The van der Waals surface area contributed by atoms with Gasteiger partial charge in [0.15, 0.2) is 5.82 Å². The number of nitrogens with two attached hydrogens (primary N) is 1. The van der Waals surface area contributed by atoms with Crippen molar-refractivity contribution in [3.8, 4) is 5.69 Å². The predicted octanol–water partition coefficient (Wildman–Crippen LogP) is 0.472. The Kier molecular flexibility index (Phi) is 2.73. The predicted molar refractivity (Wildman–Crippen MR) is 56.6 cm³/mol. The van der Waals surface area contributed by atoms with Crippen molar-refractivity contribution in [3.63, 3.8) is 0 Å². The van der Waals surface area contributed by atoms with Gasteiger partial charge in [0.05, 0.1) is 5.69 Å². The van der Waals surface area contributed by atoms with Crippen molar-refractivity contribution >= 4 is 0 Å². The first-order chi connectivity index (χ1) is 7.29. The molecular weight excluding hydrogens is 190 g/mol. The number of aryl methyl sites for hydroxylation is 1. The van der Waals surface area contributed by atoms with Crippen molar-refractivity contribution in [1.29, 1.82) is 0 Å². The lowest BCUT2D eigenvalue weighted by Crippen LogP contribution is -2.05. The summed E-state index contributed by atoms with van der Waals surface area (Å²) in [5, 5.41) is 12.1. The Hall–Kier alpha value is -1.75. The van der Waals surface area contributed by atoms with Crippen LogP contribution in [0.3, 0.4) is 0 Å². The molecular formula is C10H13N5. The lowest BCUT2D eigenvalue weighted by molar-refractivity contribution is 0.717. The van der Waals surface area contributed by atoms with Crippen LogP contribution in [0.25, 0.3) is 5.69 Å². The maximum atomic E-state index is 5.41. The minimum atomic E-state index is 0.541. The molecule has 1 aromatic heterocycles. The lowest BCUT2D eigenvalue weighted by atomic mass is 10.2. The van der Waals surface area contributed by atoms with Crippen LogP contribution >= 0.6 is 0 Å². The number of benzene rings is 1. The molecule has 0 aliphatic carbocycles. The Morgan fingerprint density at radius 3 is 2.67 bits per heavy atom. The smallest absolute Gasteiger partial charge is 0.176 e. The van der Waals surface area contributed by atoms with Gasteiger partial charge in [-0.1, -0.05) is 17.7 Å². The van der Waals surface area contributed by atoms with Crippen molar-refractivity contribution in [1.82, 2.24) is 20.2 Å². The quantitative estimate of drug-likeness (QED) is 0.787. The average Bonchev–Trinajstić information content (AvgIpc) is 2.68. The highest BCUT2D eigenvalue weighted by molar-refractivity contribution is 5.31. The molecule has 78 valence electrons. The van der Waals surface area contributed by atoms with Crippen molar-refractivity contribution in [3.05, 3.63) is 35.7 Å². The van der Waals surface area contributed by atoms with E-state index in [4.69, 9.17) is 5.73 Å². The maximum absolute atomic E-state index is 5.41. The molecule has 1 heterocycles. The van der Waals surface area contributed by atoms with Gasteiger partial charge in [-0.15, -0.1) is 15.0 Å². The van der Waals surface area contributed by atoms with E-state index >= 15 is 0 Å². The summed E-state index contributed by atoms with van der Waals surface area (Å²) in [4.78, 5) is 1.52. The molecule has 0 unspecified atom stereocenters. The zero-order valence-corrected chi connectivity index (χ0v) is 8.59. The molecule has 5 heteroatoms. The Morgan fingerprint density at radius 1 is 1.27 bits per heavy atom. The molecule has 15 heavy (non-hydrogen) atoms. The van der Waals surface area contributed by atoms with Crippen LogP contribution in [-0.4, -0.2) is 26.8 Å². The fraction of sp³-hybridized carbons (Fsp3) is 0.300. The highest BCUT2D eigenvalue weighted by Crippen LogP contribution is 2.06. The standard InChI is InChI=1S/C10H13N5/c1-8-2-4-9(5-3-8)15-13-10(6-7-11)12-14-15/h2-5H,6-7,11H2,1H3. The summed E-state index contributed by atoms with van der Waals surface area (Å²) in [5.74, 6) is 0.679. The van der Waals surface area contributed by atoms with Crippen LogP contribution in [0.4, 0.5) is 0 Å². The number of nitrogens with zero attached hydrogens (tertiary/aromatic N) is 4. The first-order valence-corrected chi connectivity index (χ1v) is 4.85. The third-order valence-electron chi connectivity index (χ3n) is 2.09. The van der Waals surface area contributed by atoms with Crippen LogP contribution in [0.1, 0.15) is 11.4 Å². The van der Waals surface area contributed by atoms with Crippen molar-refractivity contribution < 1.29 is 0 Å². The number of hydrogen-bond acceptors (Lipinski definition) is 4. The molecule has 2 N–H and O–H groups in total. The molecule has 2 aromatic rings. The van der Waals surface area contributed by atoms with E-state index in [0.29, 0.717) is 18.8 Å². The normalized spacial score (nSPS) is 10.5. The van der Waals surface area contributed by atoms with E-state index in [1.165, 1.54) is 10.4 Å². The van der Waals surface area contributed by atoms with Gasteiger partial charge in [0.1, 0.15) is 0 Å². The third kappa shape index (κ3) is 2.19. The van der Waals surface area contributed by atoms with Gasteiger partial charge in [0.25, 0.3) is 0 Å². The largest absolute Gasteiger partial charge is 0.330 e. The van der Waals surface area contributed by atoms with Crippen molar-refractivity contribution in [2.45, 2.75) is 13.3 Å². The molecule has 0 atom stereocenters.